The molecule has 1 aliphatic heterocycles. The standard InChI is InChI=1S/C20H24N2O3S/c1-14-12-17(13-19(15(14)2)26(24,25)21-3)20(23)22-11-7-10-18(22)16-8-5-4-6-9-16/h4-6,8-9,12-13,18,21H,7,10-11H2,1-3H3. The van der Waals surface area contributed by atoms with Crippen molar-refractivity contribution in [2.24, 2.45) is 0 Å². The molecular weight excluding hydrogens is 348 g/mol. The summed E-state index contributed by atoms with van der Waals surface area (Å²) in [6.07, 6.45) is 1.86. The number of carbonyl (C=O) groups excluding carboxylic acids is 1. The number of rotatable bonds is 4. The van der Waals surface area contributed by atoms with E-state index in [9.17, 15) is 13.2 Å². The van der Waals surface area contributed by atoms with Crippen LogP contribution >= 0.6 is 0 Å². The summed E-state index contributed by atoms with van der Waals surface area (Å²) in [4.78, 5) is 15.2. The second-order valence-electron chi connectivity index (χ2n) is 6.69. The van der Waals surface area contributed by atoms with Crippen molar-refractivity contribution < 1.29 is 13.2 Å². The lowest BCUT2D eigenvalue weighted by molar-refractivity contribution is 0.0735. The maximum Gasteiger partial charge on any atom is 0.254 e. The van der Waals surface area contributed by atoms with Gasteiger partial charge in [0.15, 0.2) is 0 Å². The lowest BCUT2D eigenvalue weighted by Crippen LogP contribution is -2.31. The number of amides is 1. The van der Waals surface area contributed by atoms with Crippen LogP contribution in [-0.4, -0.2) is 32.8 Å². The van der Waals surface area contributed by atoms with Crippen LogP contribution in [0.4, 0.5) is 0 Å². The van der Waals surface area contributed by atoms with E-state index in [0.717, 1.165) is 24.0 Å². The number of sulfonamides is 1. The van der Waals surface area contributed by atoms with Crippen molar-refractivity contribution >= 4 is 15.9 Å². The topological polar surface area (TPSA) is 66.5 Å². The van der Waals surface area contributed by atoms with Gasteiger partial charge in [-0.15, -0.1) is 0 Å². The summed E-state index contributed by atoms with van der Waals surface area (Å²) in [6.45, 7) is 4.27. The van der Waals surface area contributed by atoms with E-state index < -0.39 is 10.0 Å². The molecule has 0 bridgehead atoms. The summed E-state index contributed by atoms with van der Waals surface area (Å²) in [5.74, 6) is -0.119. The molecule has 3 rings (SSSR count). The number of aryl methyl sites for hydroxylation is 1. The van der Waals surface area contributed by atoms with Crippen LogP contribution in [0.3, 0.4) is 0 Å². The van der Waals surface area contributed by atoms with E-state index in [4.69, 9.17) is 0 Å². The van der Waals surface area contributed by atoms with Gasteiger partial charge in [-0.3, -0.25) is 4.79 Å². The largest absolute Gasteiger partial charge is 0.332 e. The molecular formula is C20H24N2O3S. The average molecular weight is 372 g/mol. The van der Waals surface area contributed by atoms with Crippen LogP contribution < -0.4 is 4.72 Å². The number of nitrogens with zero attached hydrogens (tertiary/aromatic N) is 1. The number of hydrogen-bond acceptors (Lipinski definition) is 3. The zero-order chi connectivity index (χ0) is 18.9. The lowest BCUT2D eigenvalue weighted by atomic mass is 10.0. The highest BCUT2D eigenvalue weighted by atomic mass is 32.2. The molecule has 1 atom stereocenters. The molecule has 1 unspecified atom stereocenters. The third-order valence-corrected chi connectivity index (χ3v) is 6.66. The highest BCUT2D eigenvalue weighted by Crippen LogP contribution is 2.33. The fourth-order valence-electron chi connectivity index (χ4n) is 3.54. The van der Waals surface area contributed by atoms with Crippen LogP contribution in [0.1, 0.15) is 45.9 Å². The molecule has 138 valence electrons. The molecule has 0 spiro atoms. The molecule has 0 aliphatic carbocycles. The van der Waals surface area contributed by atoms with Gasteiger partial charge in [-0.25, -0.2) is 13.1 Å². The summed E-state index contributed by atoms with van der Waals surface area (Å²) in [5.41, 5.74) is 2.99. The fraction of sp³-hybridized carbons (Fsp3) is 0.350. The molecule has 26 heavy (non-hydrogen) atoms. The third kappa shape index (κ3) is 3.39. The van der Waals surface area contributed by atoms with Crippen LogP contribution in [0, 0.1) is 13.8 Å². The van der Waals surface area contributed by atoms with Gasteiger partial charge in [0, 0.05) is 12.1 Å². The minimum atomic E-state index is -3.62. The number of nitrogens with one attached hydrogen (secondary N) is 1. The number of hydrogen-bond donors (Lipinski definition) is 1. The quantitative estimate of drug-likeness (QED) is 0.896. The predicted octanol–water partition coefficient (Wildman–Crippen LogP) is 3.19. The van der Waals surface area contributed by atoms with Gasteiger partial charge in [-0.1, -0.05) is 30.3 Å². The van der Waals surface area contributed by atoms with Crippen LogP contribution in [0.5, 0.6) is 0 Å². The maximum absolute atomic E-state index is 13.2. The average Bonchev–Trinajstić information content (AvgIpc) is 3.13. The van der Waals surface area contributed by atoms with Gasteiger partial charge < -0.3 is 4.90 Å². The molecule has 1 heterocycles. The molecule has 0 saturated carbocycles. The van der Waals surface area contributed by atoms with Gasteiger partial charge in [0.05, 0.1) is 10.9 Å². The zero-order valence-electron chi connectivity index (χ0n) is 15.3. The van der Waals surface area contributed by atoms with Crippen molar-refractivity contribution in [3.63, 3.8) is 0 Å². The molecule has 1 saturated heterocycles. The van der Waals surface area contributed by atoms with E-state index >= 15 is 0 Å². The van der Waals surface area contributed by atoms with Gasteiger partial charge >= 0.3 is 0 Å². The lowest BCUT2D eigenvalue weighted by Gasteiger charge is -2.26. The molecule has 1 N–H and O–H groups in total. The Morgan fingerprint density at radius 3 is 2.50 bits per heavy atom. The highest BCUT2D eigenvalue weighted by molar-refractivity contribution is 7.89. The second kappa shape index (κ2) is 7.21. The summed E-state index contributed by atoms with van der Waals surface area (Å²) >= 11 is 0. The van der Waals surface area contributed by atoms with E-state index in [0.29, 0.717) is 17.7 Å². The monoisotopic (exact) mass is 372 g/mol. The second-order valence-corrected chi connectivity index (χ2v) is 8.55. The van der Waals surface area contributed by atoms with E-state index in [1.165, 1.54) is 13.1 Å². The molecule has 1 aliphatic rings. The maximum atomic E-state index is 13.2. The van der Waals surface area contributed by atoms with Crippen molar-refractivity contribution in [2.75, 3.05) is 13.6 Å². The normalized spacial score (nSPS) is 17.5. The molecule has 5 nitrogen and oxygen atoms in total. The van der Waals surface area contributed by atoms with Gasteiger partial charge in [0.1, 0.15) is 0 Å². The Morgan fingerprint density at radius 1 is 1.15 bits per heavy atom. The predicted molar refractivity (Wildman–Crippen MR) is 102 cm³/mol. The number of carbonyl (C=O) groups is 1. The number of likely N-dealkylation sites (tertiary alicyclic amines) is 1. The summed E-state index contributed by atoms with van der Waals surface area (Å²) < 4.78 is 27.0. The smallest absolute Gasteiger partial charge is 0.254 e. The van der Waals surface area contributed by atoms with Crippen molar-refractivity contribution in [3.8, 4) is 0 Å². The zero-order valence-corrected chi connectivity index (χ0v) is 16.1. The molecule has 6 heteroatoms. The Balaban J connectivity index is 2.00. The van der Waals surface area contributed by atoms with Crippen molar-refractivity contribution in [2.45, 2.75) is 37.6 Å². The Labute approximate surface area is 155 Å². The Kier molecular flexibility index (Phi) is 5.16. The van der Waals surface area contributed by atoms with Gasteiger partial charge in [-0.05, 0) is 62.6 Å². The highest BCUT2D eigenvalue weighted by Gasteiger charge is 2.31. The Hall–Kier alpha value is -2.18. The molecule has 1 fully saturated rings. The van der Waals surface area contributed by atoms with E-state index in [2.05, 4.69) is 4.72 Å². The van der Waals surface area contributed by atoms with Crippen molar-refractivity contribution in [1.82, 2.24) is 9.62 Å². The minimum Gasteiger partial charge on any atom is -0.332 e. The van der Waals surface area contributed by atoms with E-state index in [1.54, 1.807) is 13.0 Å². The van der Waals surface area contributed by atoms with Crippen LogP contribution in [0.25, 0.3) is 0 Å². The van der Waals surface area contributed by atoms with E-state index in [-0.39, 0.29) is 16.8 Å². The summed E-state index contributed by atoms with van der Waals surface area (Å²) in [5, 5.41) is 0. The van der Waals surface area contributed by atoms with Gasteiger partial charge in [0.2, 0.25) is 10.0 Å². The first-order valence-electron chi connectivity index (χ1n) is 8.76. The Morgan fingerprint density at radius 2 is 1.85 bits per heavy atom. The third-order valence-electron chi connectivity index (χ3n) is 5.12. The molecule has 2 aromatic rings. The minimum absolute atomic E-state index is 0.0367. The molecule has 1 amide bonds. The first-order valence-corrected chi connectivity index (χ1v) is 10.2. The van der Waals surface area contributed by atoms with Crippen molar-refractivity contribution in [3.05, 3.63) is 64.7 Å². The summed E-state index contributed by atoms with van der Waals surface area (Å²) in [6, 6.07) is 13.3. The van der Waals surface area contributed by atoms with E-state index in [1.807, 2.05) is 42.2 Å². The van der Waals surface area contributed by atoms with Crippen molar-refractivity contribution in [1.29, 1.82) is 0 Å². The SMILES string of the molecule is CNS(=O)(=O)c1cc(C(=O)N2CCCC2c2ccccc2)cc(C)c1C. The first-order chi connectivity index (χ1) is 12.3. The van der Waals surface area contributed by atoms with Gasteiger partial charge in [-0.2, -0.15) is 0 Å². The Bertz CT molecular complexity index is 924. The van der Waals surface area contributed by atoms with Crippen LogP contribution in [-0.2, 0) is 10.0 Å². The molecule has 2 aromatic carbocycles. The van der Waals surface area contributed by atoms with Crippen LogP contribution in [0.2, 0.25) is 0 Å². The first kappa shape index (κ1) is 18.6. The van der Waals surface area contributed by atoms with Gasteiger partial charge in [0.25, 0.3) is 5.91 Å². The molecule has 0 radical (unpaired) electrons. The fourth-order valence-corrected chi connectivity index (χ4v) is 4.60. The summed E-state index contributed by atoms with van der Waals surface area (Å²) in [7, 11) is -2.24. The number of benzene rings is 2. The molecule has 0 aromatic heterocycles. The van der Waals surface area contributed by atoms with Crippen LogP contribution in [0.15, 0.2) is 47.4 Å².